The van der Waals surface area contributed by atoms with Crippen LogP contribution in [0, 0.1) is 260 Å². The van der Waals surface area contributed by atoms with E-state index in [0.717, 1.165) is 181 Å². The molecule has 16 nitrogen and oxygen atoms in total. The van der Waals surface area contributed by atoms with E-state index in [1.165, 1.54) is 135 Å². The SMILES string of the molecule is CCC1CC(CC)C2C1C1CC2C(C)(C(=O)O)C1.CCC1CC(CC)C2C3CC(C(C(=O)O)C3C(=O)O)C12.CCC1CC(CC)C2C3CC(C(C)C3C(=O)O)C12.CCC1CC(CC)C2C3CC(CC3C(=O)O)C12.CCC1CC(CC)C2C3CC(CC3C(C)(O)CC(=O)O)C12.CCC1CC(CC)C2C3CC(CC3C(O)CC(=O)O)C12. The molecule has 46 atom stereocenters. The van der Waals surface area contributed by atoms with E-state index in [2.05, 4.69) is 90.0 Å². The van der Waals surface area contributed by atoms with Crippen molar-refractivity contribution < 1.29 is 79.5 Å². The number of aliphatic carboxylic acids is 7. The molecular weight excluding hydrogens is 1430 g/mol. The zero-order valence-electron chi connectivity index (χ0n) is 73.0. The quantitative estimate of drug-likeness (QED) is 0.0459. The fourth-order valence-corrected chi connectivity index (χ4v) is 36.6. The summed E-state index contributed by atoms with van der Waals surface area (Å²) in [7, 11) is 0. The molecule has 0 aromatic carbocycles. The Balaban J connectivity index is 0.000000120. The van der Waals surface area contributed by atoms with Crippen LogP contribution in [0.4, 0.5) is 0 Å². The second-order valence-electron chi connectivity index (χ2n) is 43.5. The first-order chi connectivity index (χ1) is 54.2. The maximum atomic E-state index is 11.6. The first kappa shape index (κ1) is 88.0. The topological polar surface area (TPSA) is 302 Å². The van der Waals surface area contributed by atoms with Crippen LogP contribution < -0.4 is 0 Å². The van der Waals surface area contributed by atoms with Gasteiger partial charge in [0.05, 0.1) is 53.6 Å². The number of aliphatic hydroxyl groups is 2. The van der Waals surface area contributed by atoms with Crippen molar-refractivity contribution in [2.45, 2.75) is 308 Å². The van der Waals surface area contributed by atoms with Gasteiger partial charge < -0.3 is 46.0 Å². The van der Waals surface area contributed by atoms with E-state index >= 15 is 0 Å². The van der Waals surface area contributed by atoms with Gasteiger partial charge in [0, 0.05) is 0 Å². The summed E-state index contributed by atoms with van der Waals surface area (Å²) in [5, 5.41) is 86.4. The Bertz CT molecular complexity index is 3350. The Morgan fingerprint density at radius 3 is 1.05 bits per heavy atom. The lowest BCUT2D eigenvalue weighted by Gasteiger charge is -2.42. The maximum Gasteiger partial charge on any atom is 0.309 e. The zero-order chi connectivity index (χ0) is 82.7. The lowest BCUT2D eigenvalue weighted by Crippen LogP contribution is -2.44. The highest BCUT2D eigenvalue weighted by atomic mass is 16.4. The summed E-state index contributed by atoms with van der Waals surface area (Å²) in [6.45, 7) is 33.5. The normalized spacial score (nSPS) is 50.4. The second kappa shape index (κ2) is 35.0. The van der Waals surface area contributed by atoms with Gasteiger partial charge in [0.25, 0.3) is 0 Å². The molecule has 18 aliphatic carbocycles. The highest BCUT2D eigenvalue weighted by molar-refractivity contribution is 5.82. The second-order valence-corrected chi connectivity index (χ2v) is 43.5. The van der Waals surface area contributed by atoms with Crippen LogP contribution >= 0.6 is 0 Å². The first-order valence-corrected chi connectivity index (χ1v) is 48.2. The summed E-state index contributed by atoms with van der Waals surface area (Å²) >= 11 is 0. The Morgan fingerprint density at radius 1 is 0.342 bits per heavy atom. The van der Waals surface area contributed by atoms with Gasteiger partial charge in [0.2, 0.25) is 0 Å². The van der Waals surface area contributed by atoms with Gasteiger partial charge >= 0.3 is 41.8 Å². The molecule has 0 saturated heterocycles. The molecule has 18 aliphatic rings. The average molecular weight is 1590 g/mol. The number of rotatable bonds is 23. The smallest absolute Gasteiger partial charge is 0.309 e. The van der Waals surface area contributed by atoms with Crippen molar-refractivity contribution in [3.05, 3.63) is 0 Å². The van der Waals surface area contributed by atoms with Gasteiger partial charge in [-0.25, -0.2) is 0 Å². The average Bonchev–Trinajstić information content (AvgIpc) is 1.38. The summed E-state index contributed by atoms with van der Waals surface area (Å²) in [5.74, 6) is 19.6. The fourth-order valence-electron chi connectivity index (χ4n) is 36.6. The molecule has 9 N–H and O–H groups in total. The summed E-state index contributed by atoms with van der Waals surface area (Å²) in [4.78, 5) is 79.6. The molecule has 0 radical (unpaired) electrons. The lowest BCUT2D eigenvalue weighted by atomic mass is 9.63. The number of carboxylic acids is 7. The van der Waals surface area contributed by atoms with E-state index in [4.69, 9.17) is 10.2 Å². The maximum absolute atomic E-state index is 11.6. The van der Waals surface area contributed by atoms with Crippen LogP contribution in [0.15, 0.2) is 0 Å². The van der Waals surface area contributed by atoms with Crippen molar-refractivity contribution in [2.24, 2.45) is 260 Å². The first-order valence-electron chi connectivity index (χ1n) is 48.2. The van der Waals surface area contributed by atoms with Gasteiger partial charge in [-0.15, -0.1) is 0 Å². The molecule has 12 bridgehead atoms. The van der Waals surface area contributed by atoms with E-state index in [1.807, 2.05) is 6.92 Å². The van der Waals surface area contributed by atoms with Gasteiger partial charge in [-0.05, 0) is 347 Å². The molecule has 46 unspecified atom stereocenters. The number of aliphatic hydroxyl groups excluding tert-OH is 1. The molecule has 0 spiro atoms. The summed E-state index contributed by atoms with van der Waals surface area (Å²) < 4.78 is 0. The molecule has 0 amide bonds. The van der Waals surface area contributed by atoms with E-state index in [1.54, 1.807) is 6.92 Å². The summed E-state index contributed by atoms with van der Waals surface area (Å²) in [6, 6.07) is 0. The Labute approximate surface area is 685 Å². The minimum absolute atomic E-state index is 0.00842. The molecule has 0 aromatic rings. The van der Waals surface area contributed by atoms with Crippen LogP contribution in [0.1, 0.15) is 296 Å². The third-order valence-corrected chi connectivity index (χ3v) is 40.2. The standard InChI is InChI=1S/C18H30O3.C17H28O3.C16H24O4.2C16H26O2.C15H24O2/c1-4-10-6-11(5-2)17-13-7-12(16(10)17)8-14(13)18(3,21)9-15(19)20;1-3-9-5-10(4-2)17-13-7-11(16(9)17)6-12(13)14(18)8-15(19)20;1-3-7-5-8(4-2)12-10-6-9(11(7)12)13(15(17)18)14(10)16(19)20;1-4-9-6-10(5-2)14-12-7-11(13(9)14)8-16(12,3)15(17)18;1-4-9-6-10(5-2)15-12-7-11(14(9)15)8(3)13(12)16(17)18;1-3-8-5-9(4-2)14-11-6-10(13(8)14)7-12(11)15(16)17/h10-14,16-17,21H,4-9H2,1-3H3,(H,19,20);9-14,16-18H,3-8H2,1-2H3,(H,19,20);7-14H,3-6H2,1-2H3,(H,17,18)(H,19,20);9-14H,4-8H2,1-3H3,(H,17,18);8-15H,4-7H2,1-3H3,(H,17,18);8-14H,3-7H2,1-2H3,(H,16,17). The highest BCUT2D eigenvalue weighted by Crippen LogP contribution is 2.74. The summed E-state index contributed by atoms with van der Waals surface area (Å²) in [5.41, 5.74) is -1.44. The number of carbonyl (C=O) groups is 7. The van der Waals surface area contributed by atoms with Crippen molar-refractivity contribution in [1.29, 1.82) is 0 Å². The molecule has 0 aromatic heterocycles. The molecule has 16 heteroatoms. The molecular formula is C98H158O16. The van der Waals surface area contributed by atoms with Crippen LogP contribution in [0.2, 0.25) is 0 Å². The van der Waals surface area contributed by atoms with Gasteiger partial charge in [0.15, 0.2) is 0 Å². The number of fused-ring (bicyclic) bond motifs is 30. The number of hydrogen-bond donors (Lipinski definition) is 9. The predicted molar refractivity (Wildman–Crippen MR) is 441 cm³/mol. The molecule has 18 fully saturated rings. The van der Waals surface area contributed by atoms with E-state index < -0.39 is 70.7 Å². The molecule has 114 heavy (non-hydrogen) atoms. The minimum Gasteiger partial charge on any atom is -0.481 e. The van der Waals surface area contributed by atoms with Crippen molar-refractivity contribution in [3.63, 3.8) is 0 Å². The Kier molecular flexibility index (Phi) is 27.0. The van der Waals surface area contributed by atoms with E-state index in [-0.39, 0.29) is 48.3 Å². The van der Waals surface area contributed by atoms with Crippen LogP contribution in [-0.2, 0) is 33.6 Å². The molecule has 646 valence electrons. The summed E-state index contributed by atoms with van der Waals surface area (Å²) in [6.07, 6.45) is 33.2. The Morgan fingerprint density at radius 2 is 0.667 bits per heavy atom. The van der Waals surface area contributed by atoms with E-state index in [0.29, 0.717) is 71.0 Å². The highest BCUT2D eigenvalue weighted by Gasteiger charge is 2.71. The predicted octanol–water partition coefficient (Wildman–Crippen LogP) is 20.3. The number of carboxylic acid groups (broad SMARTS) is 7. The third kappa shape index (κ3) is 15.0. The molecule has 0 aliphatic heterocycles. The van der Waals surface area contributed by atoms with Gasteiger partial charge in [-0.3, -0.25) is 33.6 Å². The van der Waals surface area contributed by atoms with Crippen molar-refractivity contribution in [3.8, 4) is 0 Å². The van der Waals surface area contributed by atoms with Crippen LogP contribution in [-0.4, -0.2) is 99.4 Å². The fraction of sp³-hybridized carbons (Fsp3) is 0.929. The van der Waals surface area contributed by atoms with Crippen molar-refractivity contribution in [2.75, 3.05) is 0 Å². The van der Waals surface area contributed by atoms with Crippen molar-refractivity contribution >= 4 is 41.8 Å². The lowest BCUT2D eigenvalue weighted by molar-refractivity contribution is -0.159. The van der Waals surface area contributed by atoms with Crippen LogP contribution in [0.3, 0.4) is 0 Å². The zero-order valence-corrected chi connectivity index (χ0v) is 73.0. The molecule has 0 heterocycles. The Hall–Kier alpha value is -3.79. The van der Waals surface area contributed by atoms with Gasteiger partial charge in [-0.1, -0.05) is 167 Å². The van der Waals surface area contributed by atoms with E-state index in [9.17, 15) is 69.3 Å². The minimum atomic E-state index is -1.03. The largest absolute Gasteiger partial charge is 0.481 e. The van der Waals surface area contributed by atoms with Crippen LogP contribution in [0.5, 0.6) is 0 Å². The molecule has 18 saturated carbocycles. The monoisotopic (exact) mass is 1590 g/mol. The van der Waals surface area contributed by atoms with Crippen molar-refractivity contribution in [1.82, 2.24) is 0 Å². The third-order valence-electron chi connectivity index (χ3n) is 40.2. The van der Waals surface area contributed by atoms with Crippen LogP contribution in [0.25, 0.3) is 0 Å². The number of hydrogen-bond acceptors (Lipinski definition) is 9. The van der Waals surface area contributed by atoms with Gasteiger partial charge in [0.1, 0.15) is 0 Å². The molecule has 18 rings (SSSR count). The van der Waals surface area contributed by atoms with Gasteiger partial charge in [-0.2, -0.15) is 0 Å².